The number of halogens is 2. The Morgan fingerprint density at radius 2 is 1.86 bits per heavy atom. The van der Waals surface area contributed by atoms with Crippen LogP contribution >= 0.6 is 0 Å². The van der Waals surface area contributed by atoms with Crippen molar-refractivity contribution < 1.29 is 8.78 Å². The smallest absolute Gasteiger partial charge is 0.126 e. The van der Waals surface area contributed by atoms with Gasteiger partial charge in [-0.25, -0.2) is 8.78 Å². The van der Waals surface area contributed by atoms with Crippen LogP contribution in [0.25, 0.3) is 0 Å². The van der Waals surface area contributed by atoms with E-state index in [4.69, 9.17) is 5.73 Å². The van der Waals surface area contributed by atoms with Gasteiger partial charge in [0.2, 0.25) is 0 Å². The summed E-state index contributed by atoms with van der Waals surface area (Å²) >= 11 is 0. The molecule has 21 heavy (non-hydrogen) atoms. The number of likely N-dealkylation sites (N-methyl/N-ethyl adjacent to an activating group) is 1. The van der Waals surface area contributed by atoms with Gasteiger partial charge in [-0.1, -0.05) is 13.8 Å². The third kappa shape index (κ3) is 3.78. The molecule has 1 aromatic rings. The second-order valence-electron chi connectivity index (χ2n) is 5.61. The van der Waals surface area contributed by atoms with Gasteiger partial charge in [-0.05, 0) is 37.2 Å². The first-order chi connectivity index (χ1) is 10.1. The highest BCUT2D eigenvalue weighted by atomic mass is 19.1. The first-order valence-corrected chi connectivity index (χ1v) is 7.73. The molecule has 1 fully saturated rings. The van der Waals surface area contributed by atoms with Gasteiger partial charge in [0.05, 0.1) is 0 Å². The Morgan fingerprint density at radius 1 is 1.24 bits per heavy atom. The van der Waals surface area contributed by atoms with Crippen molar-refractivity contribution in [1.82, 2.24) is 9.80 Å². The van der Waals surface area contributed by atoms with Crippen molar-refractivity contribution in [2.45, 2.75) is 32.4 Å². The molecule has 0 spiro atoms. The highest BCUT2D eigenvalue weighted by Crippen LogP contribution is 2.27. The summed E-state index contributed by atoms with van der Waals surface area (Å²) in [6.45, 7) is 8.56. The lowest BCUT2D eigenvalue weighted by Crippen LogP contribution is -2.39. The summed E-state index contributed by atoms with van der Waals surface area (Å²) in [6, 6.07) is 4.08. The fourth-order valence-electron chi connectivity index (χ4n) is 3.35. The van der Waals surface area contributed by atoms with Gasteiger partial charge in [0.1, 0.15) is 11.6 Å². The minimum Gasteiger partial charge on any atom is -0.329 e. The van der Waals surface area contributed by atoms with Gasteiger partial charge in [-0.15, -0.1) is 0 Å². The fraction of sp³-hybridized carbons (Fsp3) is 0.625. The molecule has 0 aromatic heterocycles. The maximum absolute atomic E-state index is 13.4. The molecular formula is C16H25F2N3. The van der Waals surface area contributed by atoms with Gasteiger partial charge in [-0.2, -0.15) is 0 Å². The standard InChI is InChI=1S/C16H25F2N3/c1-3-20(4-2)15-5-6-21(11-15)16(10-19)12-7-13(17)9-14(18)8-12/h7-9,15-16H,3-6,10-11,19H2,1-2H3. The van der Waals surface area contributed by atoms with Crippen LogP contribution in [-0.4, -0.2) is 48.6 Å². The van der Waals surface area contributed by atoms with Crippen LogP contribution in [0.15, 0.2) is 18.2 Å². The quantitative estimate of drug-likeness (QED) is 0.875. The van der Waals surface area contributed by atoms with Crippen LogP contribution < -0.4 is 5.73 Å². The van der Waals surface area contributed by atoms with E-state index in [1.807, 2.05) is 0 Å². The molecule has 0 bridgehead atoms. The van der Waals surface area contributed by atoms with Gasteiger partial charge in [0.15, 0.2) is 0 Å². The van der Waals surface area contributed by atoms with Crippen molar-refractivity contribution in [3.05, 3.63) is 35.4 Å². The third-order valence-corrected chi connectivity index (χ3v) is 4.46. The number of nitrogens with two attached hydrogens (primary N) is 1. The predicted molar refractivity (Wildman–Crippen MR) is 81.1 cm³/mol. The molecule has 1 saturated heterocycles. The maximum Gasteiger partial charge on any atom is 0.126 e. The van der Waals surface area contributed by atoms with E-state index < -0.39 is 11.6 Å². The van der Waals surface area contributed by atoms with Gasteiger partial charge < -0.3 is 5.73 Å². The Bertz CT molecular complexity index is 443. The van der Waals surface area contributed by atoms with Crippen LogP contribution in [-0.2, 0) is 0 Å². The predicted octanol–water partition coefficient (Wildman–Crippen LogP) is 2.38. The fourth-order valence-corrected chi connectivity index (χ4v) is 3.35. The summed E-state index contributed by atoms with van der Waals surface area (Å²) in [7, 11) is 0. The molecule has 0 saturated carbocycles. The molecule has 118 valence electrons. The average molecular weight is 297 g/mol. The lowest BCUT2D eigenvalue weighted by Gasteiger charge is -2.30. The van der Waals surface area contributed by atoms with Crippen LogP contribution in [0, 0.1) is 11.6 Å². The lowest BCUT2D eigenvalue weighted by molar-refractivity contribution is 0.189. The van der Waals surface area contributed by atoms with E-state index in [0.29, 0.717) is 18.2 Å². The third-order valence-electron chi connectivity index (χ3n) is 4.46. The zero-order valence-corrected chi connectivity index (χ0v) is 12.9. The largest absolute Gasteiger partial charge is 0.329 e. The SMILES string of the molecule is CCN(CC)C1CCN(C(CN)c2cc(F)cc(F)c2)C1. The van der Waals surface area contributed by atoms with Crippen molar-refractivity contribution in [2.75, 3.05) is 32.7 Å². The molecular weight excluding hydrogens is 272 g/mol. The van der Waals surface area contributed by atoms with Gasteiger partial charge in [0.25, 0.3) is 0 Å². The van der Waals surface area contributed by atoms with Crippen LogP contribution in [0.4, 0.5) is 8.78 Å². The number of rotatable bonds is 6. The molecule has 2 atom stereocenters. The molecule has 0 aliphatic carbocycles. The molecule has 1 aliphatic rings. The molecule has 2 rings (SSSR count). The van der Waals surface area contributed by atoms with Crippen LogP contribution in [0.5, 0.6) is 0 Å². The zero-order chi connectivity index (χ0) is 15.4. The molecule has 0 radical (unpaired) electrons. The highest BCUT2D eigenvalue weighted by Gasteiger charge is 2.31. The average Bonchev–Trinajstić information content (AvgIpc) is 2.89. The summed E-state index contributed by atoms with van der Waals surface area (Å²) in [4.78, 5) is 4.68. The summed E-state index contributed by atoms with van der Waals surface area (Å²) in [5, 5.41) is 0. The summed E-state index contributed by atoms with van der Waals surface area (Å²) < 4.78 is 26.8. The van der Waals surface area contributed by atoms with Crippen LogP contribution in [0.1, 0.15) is 31.9 Å². The molecule has 1 aliphatic heterocycles. The number of hydrogen-bond donors (Lipinski definition) is 1. The highest BCUT2D eigenvalue weighted by molar-refractivity contribution is 5.22. The van der Waals surface area contributed by atoms with E-state index in [1.165, 1.54) is 12.1 Å². The van der Waals surface area contributed by atoms with Crippen molar-refractivity contribution in [2.24, 2.45) is 5.73 Å². The minimum atomic E-state index is -0.539. The Hall–Kier alpha value is -1.04. The molecule has 2 unspecified atom stereocenters. The van der Waals surface area contributed by atoms with E-state index in [-0.39, 0.29) is 6.04 Å². The summed E-state index contributed by atoms with van der Waals surface area (Å²) in [5.41, 5.74) is 6.51. The van der Waals surface area contributed by atoms with Crippen molar-refractivity contribution in [3.8, 4) is 0 Å². The van der Waals surface area contributed by atoms with E-state index in [0.717, 1.165) is 38.7 Å². The van der Waals surface area contributed by atoms with Crippen molar-refractivity contribution >= 4 is 0 Å². The summed E-state index contributed by atoms with van der Waals surface area (Å²) in [6.07, 6.45) is 1.08. The molecule has 1 heterocycles. The topological polar surface area (TPSA) is 32.5 Å². The van der Waals surface area contributed by atoms with E-state index in [2.05, 4.69) is 23.6 Å². The van der Waals surface area contributed by atoms with E-state index in [9.17, 15) is 8.78 Å². The first-order valence-electron chi connectivity index (χ1n) is 7.73. The Kier molecular flexibility index (Phi) is 5.67. The van der Waals surface area contributed by atoms with Crippen molar-refractivity contribution in [3.63, 3.8) is 0 Å². The second-order valence-corrected chi connectivity index (χ2v) is 5.61. The molecule has 1 aromatic carbocycles. The minimum absolute atomic E-state index is 0.115. The maximum atomic E-state index is 13.4. The van der Waals surface area contributed by atoms with Gasteiger partial charge in [-0.3, -0.25) is 9.80 Å². The van der Waals surface area contributed by atoms with Gasteiger partial charge in [0, 0.05) is 37.8 Å². The zero-order valence-electron chi connectivity index (χ0n) is 12.9. The normalized spacial score (nSPS) is 21.1. The molecule has 0 amide bonds. The summed E-state index contributed by atoms with van der Waals surface area (Å²) in [5.74, 6) is -1.08. The van der Waals surface area contributed by atoms with Crippen LogP contribution in [0.2, 0.25) is 0 Å². The van der Waals surface area contributed by atoms with Crippen molar-refractivity contribution in [1.29, 1.82) is 0 Å². The van der Waals surface area contributed by atoms with Gasteiger partial charge >= 0.3 is 0 Å². The number of benzene rings is 1. The van der Waals surface area contributed by atoms with E-state index >= 15 is 0 Å². The monoisotopic (exact) mass is 297 g/mol. The second kappa shape index (κ2) is 7.29. The molecule has 3 nitrogen and oxygen atoms in total. The van der Waals surface area contributed by atoms with Crippen LogP contribution in [0.3, 0.4) is 0 Å². The number of likely N-dealkylation sites (tertiary alicyclic amines) is 1. The Balaban J connectivity index is 2.12. The Labute approximate surface area is 125 Å². The number of hydrogen-bond acceptors (Lipinski definition) is 3. The Morgan fingerprint density at radius 3 is 2.38 bits per heavy atom. The first kappa shape index (κ1) is 16.3. The lowest BCUT2D eigenvalue weighted by atomic mass is 10.1. The van der Waals surface area contributed by atoms with E-state index in [1.54, 1.807) is 0 Å². The molecule has 2 N–H and O–H groups in total. The molecule has 5 heteroatoms. The number of nitrogens with zero attached hydrogens (tertiary/aromatic N) is 2.